The number of piperidine rings is 1. The maximum atomic E-state index is 13.6. The summed E-state index contributed by atoms with van der Waals surface area (Å²) in [7, 11) is 1.61. The van der Waals surface area contributed by atoms with E-state index in [2.05, 4.69) is 4.90 Å². The number of carbonyl (C=O) groups is 2. The van der Waals surface area contributed by atoms with Crippen molar-refractivity contribution in [2.45, 2.75) is 73.6 Å². The van der Waals surface area contributed by atoms with Crippen LogP contribution < -0.4 is 9.47 Å². The molecule has 2 heterocycles. The Morgan fingerprint density at radius 1 is 1.25 bits per heavy atom. The number of methoxy groups -OCH3 is 1. The molecule has 1 saturated heterocycles. The van der Waals surface area contributed by atoms with Gasteiger partial charge in [-0.25, -0.2) is 0 Å². The van der Waals surface area contributed by atoms with E-state index in [0.29, 0.717) is 30.3 Å². The second-order valence-electron chi connectivity index (χ2n) is 11.7. The van der Waals surface area contributed by atoms with Crippen LogP contribution in [0.25, 0.3) is 0 Å². The number of hydrogen-bond donors (Lipinski definition) is 1. The predicted molar refractivity (Wildman–Crippen MR) is 128 cm³/mol. The number of phenols is 1. The maximum Gasteiger partial charge on any atom is 0.310 e. The number of phenolic OH excluding ortho intramolecular Hbond substituents is 1. The quantitative estimate of drug-likeness (QED) is 0.495. The number of aromatic hydroxyl groups is 1. The molecule has 1 N–H and O–H groups in total. The molecule has 3 unspecified atom stereocenters. The zero-order valence-electron chi connectivity index (χ0n) is 20.3. The lowest BCUT2D eigenvalue weighted by Crippen LogP contribution is -2.66. The van der Waals surface area contributed by atoms with E-state index in [1.165, 1.54) is 12.8 Å². The molecule has 0 amide bonds. The van der Waals surface area contributed by atoms with Gasteiger partial charge in [0.15, 0.2) is 23.4 Å². The van der Waals surface area contributed by atoms with E-state index in [-0.39, 0.29) is 35.5 Å². The Labute approximate surface area is 209 Å². The summed E-state index contributed by atoms with van der Waals surface area (Å²) in [5.74, 6) is 1.65. The number of ketones is 1. The van der Waals surface area contributed by atoms with Gasteiger partial charge >= 0.3 is 5.97 Å². The number of benzene rings is 2. The second kappa shape index (κ2) is 6.62. The number of fused-ring (bicyclic) bond motifs is 1. The number of ether oxygens (including phenoxy) is 3. The lowest BCUT2D eigenvalue weighted by Gasteiger charge is -2.52. The molecule has 2 aliphatic heterocycles. The van der Waals surface area contributed by atoms with E-state index >= 15 is 0 Å². The number of Topliss-reactive ketones (excluding diaryl/α,β-unsaturated/α-hetero) is 1. The highest BCUT2D eigenvalue weighted by atomic mass is 16.6. The van der Waals surface area contributed by atoms with Gasteiger partial charge in [-0.15, -0.1) is 0 Å². The van der Waals surface area contributed by atoms with Crippen molar-refractivity contribution in [1.29, 1.82) is 0 Å². The molecule has 8 rings (SSSR count). The van der Waals surface area contributed by atoms with Crippen LogP contribution in [-0.2, 0) is 32.6 Å². The highest BCUT2D eigenvalue weighted by molar-refractivity contribution is 5.91. The summed E-state index contributed by atoms with van der Waals surface area (Å²) < 4.78 is 18.3. The SMILES string of the molecule is COc1cccc(CC(=O)O[C@@]23CCC(=O)[C@@H]4Oc5c(O)ccc6c5C42C[C@]2(C6)C3N2CC2CC2)c1. The molecule has 2 spiro atoms. The summed E-state index contributed by atoms with van der Waals surface area (Å²) in [6.07, 6.45) is 4.32. The Kier molecular flexibility index (Phi) is 3.88. The minimum absolute atomic E-state index is 0.0445. The van der Waals surface area contributed by atoms with Gasteiger partial charge in [-0.1, -0.05) is 18.2 Å². The van der Waals surface area contributed by atoms with Crippen LogP contribution in [0.2, 0.25) is 0 Å². The van der Waals surface area contributed by atoms with Crippen LogP contribution >= 0.6 is 0 Å². The molecule has 36 heavy (non-hydrogen) atoms. The van der Waals surface area contributed by atoms with Crippen molar-refractivity contribution >= 4 is 11.8 Å². The number of hydrogen-bond acceptors (Lipinski definition) is 7. The summed E-state index contributed by atoms with van der Waals surface area (Å²) in [4.78, 5) is 29.5. The van der Waals surface area contributed by atoms with Crippen LogP contribution in [0.3, 0.4) is 0 Å². The topological polar surface area (TPSA) is 85.1 Å². The Balaban J connectivity index is 1.25. The predicted octanol–water partition coefficient (Wildman–Crippen LogP) is 3.08. The third-order valence-electron chi connectivity index (χ3n) is 9.92. The molecule has 2 aromatic rings. The Morgan fingerprint density at radius 2 is 2.11 bits per heavy atom. The second-order valence-corrected chi connectivity index (χ2v) is 11.7. The van der Waals surface area contributed by atoms with Crippen LogP contribution in [-0.4, -0.2) is 58.7 Å². The third kappa shape index (κ3) is 2.38. The van der Waals surface area contributed by atoms with Crippen LogP contribution in [0.5, 0.6) is 17.2 Å². The highest BCUT2D eigenvalue weighted by Crippen LogP contribution is 2.77. The Morgan fingerprint density at radius 3 is 2.92 bits per heavy atom. The fourth-order valence-electron chi connectivity index (χ4n) is 8.51. The van der Waals surface area contributed by atoms with Crippen molar-refractivity contribution in [3.8, 4) is 17.2 Å². The van der Waals surface area contributed by atoms with E-state index in [1.807, 2.05) is 30.3 Å². The largest absolute Gasteiger partial charge is 0.504 e. The highest BCUT2D eigenvalue weighted by Gasteiger charge is 2.90. The summed E-state index contributed by atoms with van der Waals surface area (Å²) in [6, 6.07) is 11.2. The van der Waals surface area contributed by atoms with Gasteiger partial charge in [0.2, 0.25) is 0 Å². The van der Waals surface area contributed by atoms with Gasteiger partial charge in [0, 0.05) is 24.1 Å². The number of rotatable bonds is 6. The minimum atomic E-state index is -0.847. The number of carbonyl (C=O) groups excluding carboxylic acids is 2. The van der Waals surface area contributed by atoms with Crippen molar-refractivity contribution in [2.75, 3.05) is 13.7 Å². The summed E-state index contributed by atoms with van der Waals surface area (Å²) in [6.45, 7) is 1.02. The maximum absolute atomic E-state index is 13.6. The van der Waals surface area contributed by atoms with Crippen molar-refractivity contribution in [3.63, 3.8) is 0 Å². The Bertz CT molecular complexity index is 1350. The van der Waals surface area contributed by atoms with Gasteiger partial charge in [-0.2, -0.15) is 0 Å². The molecule has 0 aromatic heterocycles. The first kappa shape index (κ1) is 21.1. The molecule has 6 atom stereocenters. The van der Waals surface area contributed by atoms with Crippen LogP contribution in [0.15, 0.2) is 36.4 Å². The van der Waals surface area contributed by atoms with Crippen LogP contribution in [0.4, 0.5) is 0 Å². The minimum Gasteiger partial charge on any atom is -0.504 e. The number of likely N-dealkylation sites (tertiary alicyclic amines) is 1. The fraction of sp³-hybridized carbons (Fsp3) is 0.517. The first-order chi connectivity index (χ1) is 17.4. The molecular formula is C29H29NO6. The van der Waals surface area contributed by atoms with E-state index < -0.39 is 17.1 Å². The summed E-state index contributed by atoms with van der Waals surface area (Å²) in [5.41, 5.74) is 1.18. The zero-order valence-corrected chi connectivity index (χ0v) is 20.3. The lowest BCUT2D eigenvalue weighted by atomic mass is 9.56. The van der Waals surface area contributed by atoms with Gasteiger partial charge in [0.25, 0.3) is 0 Å². The first-order valence-electron chi connectivity index (χ1n) is 13.1. The molecule has 6 aliphatic rings. The molecule has 3 saturated carbocycles. The van der Waals surface area contributed by atoms with Crippen molar-refractivity contribution in [2.24, 2.45) is 5.92 Å². The number of esters is 1. The monoisotopic (exact) mass is 487 g/mol. The average molecular weight is 488 g/mol. The lowest BCUT2D eigenvalue weighted by molar-refractivity contribution is -0.183. The van der Waals surface area contributed by atoms with E-state index in [0.717, 1.165) is 36.1 Å². The summed E-state index contributed by atoms with van der Waals surface area (Å²) >= 11 is 0. The molecular weight excluding hydrogens is 458 g/mol. The zero-order chi connectivity index (χ0) is 24.4. The fourth-order valence-corrected chi connectivity index (χ4v) is 8.51. The van der Waals surface area contributed by atoms with Crippen molar-refractivity contribution < 1.29 is 28.9 Å². The molecule has 7 heteroatoms. The smallest absolute Gasteiger partial charge is 0.310 e. The number of nitrogens with zero attached hydrogens (tertiary/aromatic N) is 1. The van der Waals surface area contributed by atoms with E-state index in [1.54, 1.807) is 13.2 Å². The van der Waals surface area contributed by atoms with Crippen molar-refractivity contribution in [3.05, 3.63) is 53.1 Å². The van der Waals surface area contributed by atoms with Crippen LogP contribution in [0.1, 0.15) is 48.8 Å². The van der Waals surface area contributed by atoms with Crippen LogP contribution in [0, 0.1) is 5.92 Å². The van der Waals surface area contributed by atoms with Gasteiger partial charge in [-0.3, -0.25) is 14.5 Å². The molecule has 0 radical (unpaired) electrons. The molecule has 186 valence electrons. The Hall–Kier alpha value is -3.06. The standard InChI is InChI=1S/C29H29NO6/c1-34-19-4-2-3-17(11-19)12-22(33)36-29-10-9-21(32)25-28(29)15-27(26(29)30(27)14-16-5-6-16)13-18-7-8-20(31)24(35-25)23(18)28/h2-4,7-8,11,16,25-26,31H,5-6,9-10,12-15H2,1H3/t25-,26?,27+,28?,29+,30?/m0/s1. The van der Waals surface area contributed by atoms with Gasteiger partial charge in [0.1, 0.15) is 11.4 Å². The molecule has 4 aliphatic carbocycles. The third-order valence-corrected chi connectivity index (χ3v) is 9.92. The van der Waals surface area contributed by atoms with E-state index in [4.69, 9.17) is 14.2 Å². The first-order valence-corrected chi connectivity index (χ1v) is 13.1. The molecule has 2 aromatic carbocycles. The van der Waals surface area contributed by atoms with E-state index in [9.17, 15) is 14.7 Å². The van der Waals surface area contributed by atoms with Gasteiger partial charge in [-0.05, 0) is 67.3 Å². The molecule has 4 fully saturated rings. The normalized spacial score (nSPS) is 38.1. The van der Waals surface area contributed by atoms with Crippen molar-refractivity contribution in [1.82, 2.24) is 4.90 Å². The van der Waals surface area contributed by atoms with Gasteiger partial charge in [0.05, 0.1) is 25.0 Å². The molecule has 7 nitrogen and oxygen atoms in total. The summed E-state index contributed by atoms with van der Waals surface area (Å²) in [5, 5.41) is 10.7. The van der Waals surface area contributed by atoms with Gasteiger partial charge < -0.3 is 19.3 Å². The average Bonchev–Trinajstić information content (AvgIpc) is 3.73. The molecule has 2 bridgehead atoms.